The molecule has 2 atom stereocenters. The van der Waals surface area contributed by atoms with Crippen molar-refractivity contribution in [2.75, 3.05) is 13.7 Å². The maximum Gasteiger partial charge on any atom is 0.357 e. The number of fused-ring (bicyclic) bond motifs is 1. The van der Waals surface area contributed by atoms with E-state index in [1.807, 2.05) is 32.9 Å². The summed E-state index contributed by atoms with van der Waals surface area (Å²) in [5.74, 6) is 0.765. The van der Waals surface area contributed by atoms with Gasteiger partial charge in [0.2, 0.25) is 0 Å². The maximum atomic E-state index is 12.7. The van der Waals surface area contributed by atoms with E-state index in [1.165, 1.54) is 11.3 Å². The summed E-state index contributed by atoms with van der Waals surface area (Å²) in [5.41, 5.74) is 1.71. The quantitative estimate of drug-likeness (QED) is 0.517. The van der Waals surface area contributed by atoms with Crippen molar-refractivity contribution in [3.8, 4) is 11.5 Å². The summed E-state index contributed by atoms with van der Waals surface area (Å²) in [6, 6.07) is 5.45. The fourth-order valence-corrected chi connectivity index (χ4v) is 4.10. The number of esters is 1. The third-order valence-corrected chi connectivity index (χ3v) is 6.52. The Morgan fingerprint density at radius 3 is 2.86 bits per heavy atom. The number of methoxy groups -OCH3 is 1. The summed E-state index contributed by atoms with van der Waals surface area (Å²) in [4.78, 5) is 16.3. The van der Waals surface area contributed by atoms with Crippen molar-refractivity contribution in [2.45, 2.75) is 45.0 Å². The fraction of sp³-hybridized carbons (Fsp3) is 0.450. The van der Waals surface area contributed by atoms with Gasteiger partial charge in [-0.1, -0.05) is 4.40 Å². The summed E-state index contributed by atoms with van der Waals surface area (Å²) in [5, 5.41) is 2.29. The highest BCUT2D eigenvalue weighted by molar-refractivity contribution is 7.91. The molecule has 3 rings (SSSR count). The minimum Gasteiger partial charge on any atom is -0.591 e. The molecule has 0 saturated heterocycles. The highest BCUT2D eigenvalue weighted by atomic mass is 32.2. The number of benzene rings is 1. The Labute approximate surface area is 177 Å². The summed E-state index contributed by atoms with van der Waals surface area (Å²) in [7, 11) is 1.58. The number of carbonyl (C=O) groups excluding carboxylic acids is 1. The smallest absolute Gasteiger partial charge is 0.357 e. The second kappa shape index (κ2) is 8.73. The van der Waals surface area contributed by atoms with Gasteiger partial charge in [0.25, 0.3) is 0 Å². The van der Waals surface area contributed by atoms with E-state index < -0.39 is 28.2 Å². The zero-order valence-electron chi connectivity index (χ0n) is 17.1. The summed E-state index contributed by atoms with van der Waals surface area (Å²) < 4.78 is 33.1. The van der Waals surface area contributed by atoms with Gasteiger partial charge in [0.1, 0.15) is 38.3 Å². The Bertz CT molecular complexity index is 920. The van der Waals surface area contributed by atoms with E-state index in [0.29, 0.717) is 28.6 Å². The molecule has 0 radical (unpaired) electrons. The molecule has 2 heterocycles. The molecular formula is C20H24N2O5S2. The first-order valence-corrected chi connectivity index (χ1v) is 11.2. The minimum absolute atomic E-state index is 0.253. The minimum atomic E-state index is -1.42. The van der Waals surface area contributed by atoms with Crippen LogP contribution in [-0.4, -0.2) is 39.7 Å². The van der Waals surface area contributed by atoms with Crippen LogP contribution in [0.4, 0.5) is 0 Å². The maximum absolute atomic E-state index is 12.7. The van der Waals surface area contributed by atoms with Crippen molar-refractivity contribution in [3.05, 3.63) is 39.8 Å². The molecule has 0 N–H and O–H groups in total. The Morgan fingerprint density at radius 2 is 2.21 bits per heavy atom. The lowest BCUT2D eigenvalue weighted by Gasteiger charge is -2.27. The van der Waals surface area contributed by atoms with E-state index in [-0.39, 0.29) is 12.3 Å². The van der Waals surface area contributed by atoms with Gasteiger partial charge in [-0.2, -0.15) is 0 Å². The SMILES string of the molecule is CCOC(=O)c1csc(C2CC(=N[S@@+]([O-])C(C)(C)C)c3ccc(OC)cc3O2)n1. The fourth-order valence-electron chi connectivity index (χ4n) is 2.64. The lowest BCUT2D eigenvalue weighted by molar-refractivity contribution is 0.0519. The molecule has 0 saturated carbocycles. The summed E-state index contributed by atoms with van der Waals surface area (Å²) in [6.45, 7) is 7.67. The number of carbonyl (C=O) groups is 1. The van der Waals surface area contributed by atoms with Gasteiger partial charge < -0.3 is 18.8 Å². The number of hydrogen-bond donors (Lipinski definition) is 0. The molecular weight excluding hydrogens is 412 g/mol. The van der Waals surface area contributed by atoms with Gasteiger partial charge in [0.05, 0.1) is 13.7 Å². The Morgan fingerprint density at radius 1 is 1.45 bits per heavy atom. The molecule has 0 spiro atoms. The van der Waals surface area contributed by atoms with Crippen molar-refractivity contribution in [1.82, 2.24) is 4.98 Å². The van der Waals surface area contributed by atoms with Gasteiger partial charge in [0, 0.05) is 23.4 Å². The van der Waals surface area contributed by atoms with E-state index >= 15 is 0 Å². The molecule has 0 aliphatic carbocycles. The Balaban J connectivity index is 1.97. The first-order valence-electron chi connectivity index (χ1n) is 9.20. The lowest BCUT2D eigenvalue weighted by Crippen LogP contribution is -2.29. The predicted molar refractivity (Wildman–Crippen MR) is 113 cm³/mol. The van der Waals surface area contributed by atoms with Gasteiger partial charge in [-0.25, -0.2) is 9.78 Å². The van der Waals surface area contributed by atoms with E-state index in [4.69, 9.17) is 14.2 Å². The van der Waals surface area contributed by atoms with E-state index in [9.17, 15) is 9.35 Å². The van der Waals surface area contributed by atoms with E-state index in [2.05, 4.69) is 9.38 Å². The summed E-state index contributed by atoms with van der Waals surface area (Å²) >= 11 is -0.0931. The topological polar surface area (TPSA) is 93.1 Å². The highest BCUT2D eigenvalue weighted by Gasteiger charge is 2.33. The van der Waals surface area contributed by atoms with Crippen LogP contribution in [-0.2, 0) is 16.1 Å². The zero-order valence-corrected chi connectivity index (χ0v) is 18.7. The number of thiazole rings is 1. The van der Waals surface area contributed by atoms with Gasteiger partial charge >= 0.3 is 5.97 Å². The van der Waals surface area contributed by atoms with Crippen LogP contribution in [0.25, 0.3) is 0 Å². The molecule has 0 bridgehead atoms. The van der Waals surface area contributed by atoms with Crippen LogP contribution in [0.5, 0.6) is 11.5 Å². The molecule has 29 heavy (non-hydrogen) atoms. The molecule has 0 fully saturated rings. The lowest BCUT2D eigenvalue weighted by atomic mass is 10.00. The molecule has 156 valence electrons. The molecule has 2 aromatic rings. The summed E-state index contributed by atoms with van der Waals surface area (Å²) in [6.07, 6.45) is -0.0461. The van der Waals surface area contributed by atoms with Crippen LogP contribution in [0.3, 0.4) is 0 Å². The number of aromatic nitrogens is 1. The van der Waals surface area contributed by atoms with Crippen molar-refractivity contribution in [2.24, 2.45) is 4.40 Å². The van der Waals surface area contributed by atoms with Crippen molar-refractivity contribution >= 4 is 34.4 Å². The van der Waals surface area contributed by atoms with Gasteiger partial charge in [-0.05, 0) is 39.8 Å². The van der Waals surface area contributed by atoms with Crippen molar-refractivity contribution in [3.63, 3.8) is 0 Å². The molecule has 1 aromatic heterocycles. The van der Waals surface area contributed by atoms with Crippen LogP contribution in [0.15, 0.2) is 28.0 Å². The molecule has 1 aliphatic heterocycles. The Kier molecular flexibility index (Phi) is 6.50. The van der Waals surface area contributed by atoms with Crippen LogP contribution in [0, 0.1) is 0 Å². The van der Waals surface area contributed by atoms with Crippen molar-refractivity contribution in [1.29, 1.82) is 0 Å². The first kappa shape index (κ1) is 21.6. The molecule has 7 nitrogen and oxygen atoms in total. The van der Waals surface area contributed by atoms with Crippen molar-refractivity contribution < 1.29 is 23.6 Å². The van der Waals surface area contributed by atoms with Gasteiger partial charge in [-0.15, -0.1) is 11.3 Å². The first-order chi connectivity index (χ1) is 13.7. The number of ether oxygens (including phenoxy) is 3. The number of nitrogens with zero attached hydrogens (tertiary/aromatic N) is 2. The van der Waals surface area contributed by atoms with Crippen LogP contribution in [0.1, 0.15) is 61.3 Å². The average Bonchev–Trinajstić information content (AvgIpc) is 3.17. The van der Waals surface area contributed by atoms with E-state index in [1.54, 1.807) is 25.5 Å². The van der Waals surface area contributed by atoms with Crippen LogP contribution < -0.4 is 9.47 Å². The number of hydrogen-bond acceptors (Lipinski definition) is 8. The number of rotatable bonds is 5. The molecule has 1 aromatic carbocycles. The standard InChI is InChI=1S/C20H24N2O5S2/c1-6-26-19(23)15-11-28-18(21-15)17-10-14(22-29(24)20(2,3)4)13-8-7-12(25-5)9-16(13)27-17/h7-9,11,17H,6,10H2,1-5H3/t17?,29-/m0/s1. The van der Waals surface area contributed by atoms with Crippen LogP contribution in [0.2, 0.25) is 0 Å². The second-order valence-electron chi connectivity index (χ2n) is 7.36. The second-order valence-corrected chi connectivity index (χ2v) is 10.2. The monoisotopic (exact) mass is 436 g/mol. The highest BCUT2D eigenvalue weighted by Crippen LogP contribution is 2.39. The zero-order chi connectivity index (χ0) is 21.2. The normalized spacial score (nSPS) is 18.7. The van der Waals surface area contributed by atoms with Gasteiger partial charge in [0.15, 0.2) is 11.8 Å². The molecule has 9 heteroatoms. The predicted octanol–water partition coefficient (Wildman–Crippen LogP) is 4.10. The van der Waals surface area contributed by atoms with E-state index in [0.717, 1.165) is 5.56 Å². The molecule has 1 unspecified atom stereocenters. The van der Waals surface area contributed by atoms with Crippen LogP contribution >= 0.6 is 11.3 Å². The Hall–Kier alpha value is -2.10. The van der Waals surface area contributed by atoms with Gasteiger partial charge in [-0.3, -0.25) is 0 Å². The third-order valence-electron chi connectivity index (χ3n) is 4.15. The average molecular weight is 437 g/mol. The third kappa shape index (κ3) is 4.91. The molecule has 1 aliphatic rings. The largest absolute Gasteiger partial charge is 0.591 e. The molecule has 0 amide bonds.